The molecule has 0 saturated carbocycles. The first-order valence-corrected chi connectivity index (χ1v) is 4.45. The van der Waals surface area contributed by atoms with Crippen molar-refractivity contribution in [2.45, 2.75) is 0 Å². The third-order valence-electron chi connectivity index (χ3n) is 2.09. The number of carbonyl (C=O) groups is 1. The molecule has 0 aliphatic rings. The average molecular weight is 215 g/mol. The van der Waals surface area contributed by atoms with Crippen LogP contribution in [-0.4, -0.2) is 15.8 Å². The summed E-state index contributed by atoms with van der Waals surface area (Å²) in [7, 11) is 0. The number of ketones is 1. The number of H-pyrrole nitrogens is 1. The summed E-state index contributed by atoms with van der Waals surface area (Å²) < 4.78 is 13.3. The number of nitriles is 1. The van der Waals surface area contributed by atoms with Crippen LogP contribution in [-0.2, 0) is 0 Å². The number of aromatic amines is 1. The summed E-state index contributed by atoms with van der Waals surface area (Å²) in [6, 6.07) is 5.42. The van der Waals surface area contributed by atoms with Crippen LogP contribution >= 0.6 is 0 Å². The first kappa shape index (κ1) is 10.1. The molecule has 1 heterocycles. The third kappa shape index (κ3) is 1.68. The summed E-state index contributed by atoms with van der Waals surface area (Å²) >= 11 is 0. The number of rotatable bonds is 2. The lowest BCUT2D eigenvalue weighted by atomic mass is 10.1. The number of hydrogen-bond acceptors (Lipinski definition) is 3. The van der Waals surface area contributed by atoms with Gasteiger partial charge in [-0.2, -0.15) is 5.26 Å². The maximum absolute atomic E-state index is 13.3. The fourth-order valence-corrected chi connectivity index (χ4v) is 1.28. The van der Waals surface area contributed by atoms with Crippen molar-refractivity contribution in [3.05, 3.63) is 53.4 Å². The second-order valence-electron chi connectivity index (χ2n) is 3.10. The Labute approximate surface area is 90.4 Å². The molecule has 4 nitrogen and oxygen atoms in total. The molecule has 0 unspecified atom stereocenters. The smallest absolute Gasteiger partial charge is 0.210 e. The van der Waals surface area contributed by atoms with Gasteiger partial charge in [-0.1, -0.05) is 0 Å². The van der Waals surface area contributed by atoms with E-state index in [9.17, 15) is 9.18 Å². The van der Waals surface area contributed by atoms with Gasteiger partial charge in [0.2, 0.25) is 5.78 Å². The van der Waals surface area contributed by atoms with Crippen molar-refractivity contribution in [1.29, 1.82) is 5.26 Å². The summed E-state index contributed by atoms with van der Waals surface area (Å²) in [4.78, 5) is 18.1. The minimum absolute atomic E-state index is 0.0823. The van der Waals surface area contributed by atoms with E-state index in [2.05, 4.69) is 9.97 Å². The Hall–Kier alpha value is -2.48. The monoisotopic (exact) mass is 215 g/mol. The molecular weight excluding hydrogens is 209 g/mol. The molecule has 2 rings (SSSR count). The quantitative estimate of drug-likeness (QED) is 0.774. The number of halogens is 1. The minimum Gasteiger partial charge on any atom is -0.342 e. The maximum atomic E-state index is 13.3. The first-order valence-electron chi connectivity index (χ1n) is 4.45. The van der Waals surface area contributed by atoms with Crippen molar-refractivity contribution in [3.63, 3.8) is 0 Å². The van der Waals surface area contributed by atoms with E-state index in [0.29, 0.717) is 0 Å². The van der Waals surface area contributed by atoms with Crippen molar-refractivity contribution >= 4 is 5.78 Å². The Bertz CT molecular complexity index is 569. The van der Waals surface area contributed by atoms with Gasteiger partial charge in [0.25, 0.3) is 0 Å². The Kier molecular flexibility index (Phi) is 2.48. The fraction of sp³-hybridized carbons (Fsp3) is 0. The van der Waals surface area contributed by atoms with Crippen molar-refractivity contribution in [1.82, 2.24) is 9.97 Å². The molecule has 1 N–H and O–H groups in total. The van der Waals surface area contributed by atoms with E-state index < -0.39 is 5.82 Å². The second kappa shape index (κ2) is 3.95. The molecular formula is C11H6FN3O. The number of nitrogens with one attached hydrogen (secondary N) is 1. The van der Waals surface area contributed by atoms with Gasteiger partial charge in [0.05, 0.1) is 18.1 Å². The van der Waals surface area contributed by atoms with Crippen LogP contribution in [0, 0.1) is 17.1 Å². The highest BCUT2D eigenvalue weighted by atomic mass is 19.1. The molecule has 0 spiro atoms. The topological polar surface area (TPSA) is 69.5 Å². The number of nitrogens with zero attached hydrogens (tertiary/aromatic N) is 2. The van der Waals surface area contributed by atoms with Gasteiger partial charge in [-0.3, -0.25) is 4.79 Å². The molecule has 0 fully saturated rings. The van der Waals surface area contributed by atoms with E-state index in [-0.39, 0.29) is 22.6 Å². The van der Waals surface area contributed by atoms with Gasteiger partial charge in [-0.25, -0.2) is 9.37 Å². The number of hydrogen-bond donors (Lipinski definition) is 1. The molecule has 2 aromatic rings. The second-order valence-corrected chi connectivity index (χ2v) is 3.10. The predicted molar refractivity (Wildman–Crippen MR) is 53.1 cm³/mol. The fourth-order valence-electron chi connectivity index (χ4n) is 1.28. The molecule has 0 radical (unpaired) electrons. The molecule has 0 amide bonds. The molecule has 0 bridgehead atoms. The van der Waals surface area contributed by atoms with E-state index in [1.54, 1.807) is 6.07 Å². The lowest BCUT2D eigenvalue weighted by molar-refractivity contribution is 0.103. The van der Waals surface area contributed by atoms with Crippen molar-refractivity contribution < 1.29 is 9.18 Å². The SMILES string of the molecule is N#Cc1ccc(C(=O)c2cnc[nH]2)cc1F. The largest absolute Gasteiger partial charge is 0.342 e. The molecule has 1 aromatic heterocycles. The maximum Gasteiger partial charge on any atom is 0.210 e. The summed E-state index contributed by atoms with van der Waals surface area (Å²) in [6.07, 6.45) is 2.73. The van der Waals surface area contributed by atoms with Crippen LogP contribution in [0.2, 0.25) is 0 Å². The lowest BCUT2D eigenvalue weighted by Gasteiger charge is -1.99. The Balaban J connectivity index is 2.40. The van der Waals surface area contributed by atoms with Crippen molar-refractivity contribution in [2.75, 3.05) is 0 Å². The molecule has 1 aromatic carbocycles. The van der Waals surface area contributed by atoms with Crippen LogP contribution in [0.5, 0.6) is 0 Å². The van der Waals surface area contributed by atoms with Crippen LogP contribution in [0.3, 0.4) is 0 Å². The molecule has 0 aliphatic carbocycles. The predicted octanol–water partition coefficient (Wildman–Crippen LogP) is 1.65. The van der Waals surface area contributed by atoms with E-state index in [0.717, 1.165) is 6.07 Å². The molecule has 0 atom stereocenters. The Morgan fingerprint density at radius 3 is 2.88 bits per heavy atom. The van der Waals surface area contributed by atoms with Gasteiger partial charge in [-0.05, 0) is 18.2 Å². The zero-order valence-electron chi connectivity index (χ0n) is 8.07. The van der Waals surface area contributed by atoms with Crippen molar-refractivity contribution in [2.24, 2.45) is 0 Å². The normalized spacial score (nSPS) is 9.75. The van der Waals surface area contributed by atoms with E-state index >= 15 is 0 Å². The summed E-state index contributed by atoms with van der Waals surface area (Å²) in [6.45, 7) is 0. The molecule has 78 valence electrons. The Morgan fingerprint density at radius 1 is 1.50 bits per heavy atom. The van der Waals surface area contributed by atoms with Gasteiger partial charge >= 0.3 is 0 Å². The van der Waals surface area contributed by atoms with Crippen molar-refractivity contribution in [3.8, 4) is 6.07 Å². The van der Waals surface area contributed by atoms with Crippen LogP contribution < -0.4 is 0 Å². The summed E-state index contributed by atoms with van der Waals surface area (Å²) in [5, 5.41) is 8.54. The summed E-state index contributed by atoms with van der Waals surface area (Å²) in [5.74, 6) is -1.06. The number of benzene rings is 1. The highest BCUT2D eigenvalue weighted by molar-refractivity contribution is 6.07. The van der Waals surface area contributed by atoms with E-state index in [4.69, 9.17) is 5.26 Å². The van der Waals surface area contributed by atoms with Crippen LogP contribution in [0.25, 0.3) is 0 Å². The molecule has 0 aliphatic heterocycles. The van der Waals surface area contributed by atoms with Gasteiger partial charge in [-0.15, -0.1) is 0 Å². The highest BCUT2D eigenvalue weighted by Crippen LogP contribution is 2.12. The Morgan fingerprint density at radius 2 is 2.31 bits per heavy atom. The zero-order valence-corrected chi connectivity index (χ0v) is 8.07. The molecule has 5 heteroatoms. The van der Waals surface area contributed by atoms with Crippen LogP contribution in [0.15, 0.2) is 30.7 Å². The number of aromatic nitrogens is 2. The van der Waals surface area contributed by atoms with Gasteiger partial charge in [0, 0.05) is 5.56 Å². The van der Waals surface area contributed by atoms with Crippen LogP contribution in [0.4, 0.5) is 4.39 Å². The summed E-state index contributed by atoms with van der Waals surface area (Å²) in [5.41, 5.74) is 0.381. The zero-order chi connectivity index (χ0) is 11.5. The van der Waals surface area contributed by atoms with Gasteiger partial charge in [0.1, 0.15) is 17.6 Å². The van der Waals surface area contributed by atoms with Crippen LogP contribution in [0.1, 0.15) is 21.6 Å². The number of imidazole rings is 1. The minimum atomic E-state index is -0.701. The standard InChI is InChI=1S/C11H6FN3O/c12-9-3-7(1-2-8(9)4-13)11(16)10-5-14-6-15-10/h1-3,5-6H,(H,14,15). The highest BCUT2D eigenvalue weighted by Gasteiger charge is 2.12. The van der Waals surface area contributed by atoms with E-state index in [1.165, 1.54) is 24.7 Å². The number of carbonyl (C=O) groups excluding carboxylic acids is 1. The van der Waals surface area contributed by atoms with Gasteiger partial charge < -0.3 is 4.98 Å². The third-order valence-corrected chi connectivity index (χ3v) is 2.09. The molecule has 0 saturated heterocycles. The lowest BCUT2D eigenvalue weighted by Crippen LogP contribution is -2.02. The van der Waals surface area contributed by atoms with Gasteiger partial charge in [0.15, 0.2) is 0 Å². The van der Waals surface area contributed by atoms with E-state index in [1.807, 2.05) is 0 Å². The first-order chi connectivity index (χ1) is 7.72. The molecule has 16 heavy (non-hydrogen) atoms. The average Bonchev–Trinajstić information content (AvgIpc) is 2.81.